The van der Waals surface area contributed by atoms with Crippen LogP contribution in [0.5, 0.6) is 23.0 Å². The van der Waals surface area contributed by atoms with Crippen molar-refractivity contribution in [3.63, 3.8) is 0 Å². The van der Waals surface area contributed by atoms with Gasteiger partial charge in [-0.05, 0) is 74.2 Å². The van der Waals surface area contributed by atoms with Crippen molar-refractivity contribution in [1.82, 2.24) is 10.3 Å². The van der Waals surface area contributed by atoms with Gasteiger partial charge in [0.25, 0.3) is 0 Å². The van der Waals surface area contributed by atoms with E-state index >= 15 is 0 Å². The second kappa shape index (κ2) is 10.6. The van der Waals surface area contributed by atoms with Gasteiger partial charge in [-0.25, -0.2) is 0 Å². The summed E-state index contributed by atoms with van der Waals surface area (Å²) in [7, 11) is 4.79. The molecule has 0 saturated heterocycles. The molecular formula is C24H30N4O4. The zero-order chi connectivity index (χ0) is 23.1. The predicted molar refractivity (Wildman–Crippen MR) is 127 cm³/mol. The van der Waals surface area contributed by atoms with Crippen molar-refractivity contribution in [2.24, 2.45) is 10.1 Å². The maximum Gasteiger partial charge on any atom is 0.203 e. The van der Waals surface area contributed by atoms with E-state index in [9.17, 15) is 0 Å². The Labute approximate surface area is 189 Å². The molecule has 0 radical (unpaired) electrons. The van der Waals surface area contributed by atoms with Gasteiger partial charge in [-0.15, -0.1) is 0 Å². The molecule has 0 fully saturated rings. The predicted octanol–water partition coefficient (Wildman–Crippen LogP) is 4.09. The van der Waals surface area contributed by atoms with Crippen LogP contribution in [0.3, 0.4) is 0 Å². The normalized spacial score (nSPS) is 18.0. The second-order valence-electron chi connectivity index (χ2n) is 7.06. The highest BCUT2D eigenvalue weighted by Gasteiger charge is 2.30. The molecule has 2 aromatic rings. The van der Waals surface area contributed by atoms with Crippen LogP contribution >= 0.6 is 0 Å². The van der Waals surface area contributed by atoms with Gasteiger partial charge in [0, 0.05) is 5.70 Å². The molecule has 2 unspecified atom stereocenters. The maximum absolute atomic E-state index is 5.57. The van der Waals surface area contributed by atoms with Gasteiger partial charge in [0.2, 0.25) is 5.75 Å². The first-order valence-electron chi connectivity index (χ1n) is 10.3. The summed E-state index contributed by atoms with van der Waals surface area (Å²) in [5, 5.41) is 9.92. The van der Waals surface area contributed by atoms with E-state index in [0.29, 0.717) is 23.9 Å². The molecular weight excluding hydrogens is 408 g/mol. The molecule has 32 heavy (non-hydrogen) atoms. The van der Waals surface area contributed by atoms with E-state index in [0.717, 1.165) is 22.6 Å². The third kappa shape index (κ3) is 4.80. The minimum absolute atomic E-state index is 0.122. The zero-order valence-corrected chi connectivity index (χ0v) is 19.2. The van der Waals surface area contributed by atoms with E-state index in [1.54, 1.807) is 21.3 Å². The van der Waals surface area contributed by atoms with E-state index in [1.807, 2.05) is 55.3 Å². The number of benzene rings is 2. The van der Waals surface area contributed by atoms with Crippen molar-refractivity contribution >= 4 is 18.8 Å². The fraction of sp³-hybridized carbons (Fsp3) is 0.333. The van der Waals surface area contributed by atoms with Gasteiger partial charge >= 0.3 is 0 Å². The molecule has 8 nitrogen and oxygen atoms in total. The van der Waals surface area contributed by atoms with Crippen molar-refractivity contribution in [3.8, 4) is 23.0 Å². The molecule has 170 valence electrons. The number of ether oxygens (including phenoxy) is 4. The van der Waals surface area contributed by atoms with Gasteiger partial charge in [0.15, 0.2) is 11.5 Å². The molecule has 1 aliphatic rings. The van der Waals surface area contributed by atoms with E-state index in [1.165, 1.54) is 6.34 Å². The lowest BCUT2D eigenvalue weighted by Crippen LogP contribution is -2.45. The summed E-state index contributed by atoms with van der Waals surface area (Å²) < 4.78 is 22.2. The smallest absolute Gasteiger partial charge is 0.203 e. The van der Waals surface area contributed by atoms with Gasteiger partial charge in [-0.1, -0.05) is 0 Å². The highest BCUT2D eigenvalue weighted by Crippen LogP contribution is 2.42. The molecule has 0 aromatic heterocycles. The number of rotatable bonds is 9. The van der Waals surface area contributed by atoms with Crippen LogP contribution in [0.25, 0.3) is 5.70 Å². The van der Waals surface area contributed by atoms with E-state index in [2.05, 4.69) is 28.2 Å². The molecule has 1 N–H and O–H groups in total. The van der Waals surface area contributed by atoms with Crippen LogP contribution in [0.2, 0.25) is 0 Å². The van der Waals surface area contributed by atoms with Crippen molar-refractivity contribution < 1.29 is 18.9 Å². The highest BCUT2D eigenvalue weighted by atomic mass is 16.5. The molecule has 1 heterocycles. The summed E-state index contributed by atoms with van der Waals surface area (Å²) in [6.07, 6.45) is 3.42. The van der Waals surface area contributed by atoms with Gasteiger partial charge in [0.05, 0.1) is 34.0 Å². The monoisotopic (exact) mass is 438 g/mol. The molecule has 8 heteroatoms. The van der Waals surface area contributed by atoms with Crippen LogP contribution in [0, 0.1) is 0 Å². The van der Waals surface area contributed by atoms with Gasteiger partial charge < -0.3 is 24.3 Å². The Bertz CT molecular complexity index is 963. The van der Waals surface area contributed by atoms with Crippen LogP contribution in [0.4, 0.5) is 0 Å². The molecule has 2 aromatic carbocycles. The topological polar surface area (TPSA) is 76.9 Å². The van der Waals surface area contributed by atoms with Crippen LogP contribution in [0.1, 0.15) is 31.0 Å². The van der Waals surface area contributed by atoms with E-state index < -0.39 is 0 Å². The number of aliphatic imine (C=N–C) groups is 1. The molecule has 0 spiro atoms. The number of methoxy groups -OCH3 is 3. The van der Waals surface area contributed by atoms with Crippen LogP contribution in [-0.4, -0.2) is 52.2 Å². The average Bonchev–Trinajstić information content (AvgIpc) is 2.82. The third-order valence-electron chi connectivity index (χ3n) is 5.14. The number of nitrogens with zero attached hydrogens (tertiary/aromatic N) is 3. The number of hydrogen-bond acceptors (Lipinski definition) is 7. The Morgan fingerprint density at radius 3 is 2.25 bits per heavy atom. The Morgan fingerprint density at radius 1 is 1.06 bits per heavy atom. The highest BCUT2D eigenvalue weighted by molar-refractivity contribution is 5.68. The first-order chi connectivity index (χ1) is 15.6. The molecule has 0 amide bonds. The van der Waals surface area contributed by atoms with Crippen molar-refractivity contribution in [2.45, 2.75) is 26.1 Å². The zero-order valence-electron chi connectivity index (χ0n) is 19.2. The maximum atomic E-state index is 5.57. The van der Waals surface area contributed by atoms with E-state index in [4.69, 9.17) is 18.9 Å². The molecule has 0 aliphatic carbocycles. The fourth-order valence-electron chi connectivity index (χ4n) is 3.68. The number of hydrazone groups is 1. The summed E-state index contributed by atoms with van der Waals surface area (Å²) in [5.41, 5.74) is 2.96. The second-order valence-corrected chi connectivity index (χ2v) is 7.06. The summed E-state index contributed by atoms with van der Waals surface area (Å²) in [4.78, 5) is 3.78. The molecule has 2 atom stereocenters. The minimum Gasteiger partial charge on any atom is -0.494 e. The van der Waals surface area contributed by atoms with Gasteiger partial charge in [-0.2, -0.15) is 5.10 Å². The average molecular weight is 439 g/mol. The summed E-state index contributed by atoms with van der Waals surface area (Å²) in [6, 6.07) is 11.6. The first kappa shape index (κ1) is 23.0. The Hall–Kier alpha value is -3.68. The lowest BCUT2D eigenvalue weighted by molar-refractivity contribution is 0.155. The van der Waals surface area contributed by atoms with Crippen LogP contribution in [0.15, 0.2) is 52.6 Å². The standard InChI is InChI=1S/C24H30N4O4/c1-7-32-19-10-8-17(9-11-19)20-14-21(28(16(2)27-20)26-15-25-3)18-12-22(29-4)24(31-6)23(13-18)30-5/h8-16,21,27H,3,7H2,1-2,4-6H3/b26-15-. The summed E-state index contributed by atoms with van der Waals surface area (Å²) >= 11 is 0. The quantitative estimate of drug-likeness (QED) is 0.469. The fourth-order valence-corrected chi connectivity index (χ4v) is 3.68. The first-order valence-corrected chi connectivity index (χ1v) is 10.3. The molecule has 0 bridgehead atoms. The summed E-state index contributed by atoms with van der Waals surface area (Å²) in [5.74, 6) is 2.54. The molecule has 3 rings (SSSR count). The third-order valence-corrected chi connectivity index (χ3v) is 5.14. The van der Waals surface area contributed by atoms with Crippen molar-refractivity contribution in [1.29, 1.82) is 0 Å². The molecule has 0 saturated carbocycles. The molecule has 1 aliphatic heterocycles. The Morgan fingerprint density at radius 2 is 1.72 bits per heavy atom. The lowest BCUT2D eigenvalue weighted by atomic mass is 9.99. The van der Waals surface area contributed by atoms with Gasteiger partial charge in [-0.3, -0.25) is 10.0 Å². The van der Waals surface area contributed by atoms with Crippen molar-refractivity contribution in [2.75, 3.05) is 27.9 Å². The SMILES string of the molecule is C=N/C=N\N1C(C)NC(c2ccc(OCC)cc2)=CC1c1cc(OC)c(OC)c(OC)c1. The van der Waals surface area contributed by atoms with Crippen LogP contribution < -0.4 is 24.3 Å². The van der Waals surface area contributed by atoms with Crippen LogP contribution in [-0.2, 0) is 0 Å². The number of nitrogens with one attached hydrogen (secondary N) is 1. The Balaban J connectivity index is 2.10. The largest absolute Gasteiger partial charge is 0.494 e. The van der Waals surface area contributed by atoms with Crippen molar-refractivity contribution in [3.05, 3.63) is 53.6 Å². The Kier molecular flexibility index (Phi) is 7.59. The van der Waals surface area contributed by atoms with Gasteiger partial charge in [0.1, 0.15) is 18.3 Å². The van der Waals surface area contributed by atoms with E-state index in [-0.39, 0.29) is 12.2 Å². The number of hydrogen-bond donors (Lipinski definition) is 1. The minimum atomic E-state index is -0.223. The lowest BCUT2D eigenvalue weighted by Gasteiger charge is -2.39. The summed E-state index contributed by atoms with van der Waals surface area (Å²) in [6.45, 7) is 8.13.